The smallest absolute Gasteiger partial charge is 0.238 e. The Morgan fingerprint density at radius 3 is 2.22 bits per heavy atom. The van der Waals surface area contributed by atoms with E-state index < -0.39 is 10.0 Å². The van der Waals surface area contributed by atoms with Crippen LogP contribution in [0.15, 0.2) is 53.4 Å². The summed E-state index contributed by atoms with van der Waals surface area (Å²) in [6, 6.07) is 14.8. The second-order valence-corrected chi connectivity index (χ2v) is 7.17. The summed E-state index contributed by atoms with van der Waals surface area (Å²) >= 11 is 0. The predicted octanol–water partition coefficient (Wildman–Crippen LogP) is 3.44. The van der Waals surface area contributed by atoms with Crippen molar-refractivity contribution in [2.45, 2.75) is 24.2 Å². The highest BCUT2D eigenvalue weighted by molar-refractivity contribution is 7.89. The van der Waals surface area contributed by atoms with Gasteiger partial charge in [-0.2, -0.15) is 0 Å². The van der Waals surface area contributed by atoms with Crippen LogP contribution in [0, 0.1) is 0 Å². The summed E-state index contributed by atoms with van der Waals surface area (Å²) in [7, 11) is -1.99. The van der Waals surface area contributed by atoms with Crippen LogP contribution in [0.5, 0.6) is 5.75 Å². The molecule has 0 atom stereocenters. The van der Waals surface area contributed by atoms with Gasteiger partial charge in [-0.15, -0.1) is 0 Å². The Balaban J connectivity index is 2.02. The van der Waals surface area contributed by atoms with E-state index in [1.807, 2.05) is 30.3 Å². The van der Waals surface area contributed by atoms with Crippen molar-refractivity contribution < 1.29 is 13.2 Å². The Kier molecular flexibility index (Phi) is 4.24. The van der Waals surface area contributed by atoms with Gasteiger partial charge in [-0.05, 0) is 65.8 Å². The van der Waals surface area contributed by atoms with Crippen molar-refractivity contribution in [1.82, 2.24) is 0 Å². The SMILES string of the molecule is COc1cccc(C2=C(c3ccc(S(N)(=O)=O)cc3)CCC2)c1. The van der Waals surface area contributed by atoms with Crippen LogP contribution < -0.4 is 9.88 Å². The van der Waals surface area contributed by atoms with Crippen LogP contribution in [0.25, 0.3) is 11.1 Å². The Hall–Kier alpha value is -2.11. The van der Waals surface area contributed by atoms with Gasteiger partial charge in [0, 0.05) is 0 Å². The molecule has 0 radical (unpaired) electrons. The summed E-state index contributed by atoms with van der Waals surface area (Å²) in [6.45, 7) is 0. The quantitative estimate of drug-likeness (QED) is 0.934. The standard InChI is InChI=1S/C18H19NO3S/c1-22-15-5-2-4-14(12-15)18-7-3-6-17(18)13-8-10-16(11-9-13)23(19,20)21/h2,4-5,8-12H,3,6-7H2,1H3,(H2,19,20,21). The van der Waals surface area contributed by atoms with E-state index in [0.29, 0.717) is 0 Å². The van der Waals surface area contributed by atoms with E-state index >= 15 is 0 Å². The van der Waals surface area contributed by atoms with Gasteiger partial charge in [-0.25, -0.2) is 13.6 Å². The fourth-order valence-corrected chi connectivity index (χ4v) is 3.55. The molecule has 0 unspecified atom stereocenters. The Morgan fingerprint density at radius 2 is 1.61 bits per heavy atom. The van der Waals surface area contributed by atoms with Gasteiger partial charge in [-0.3, -0.25) is 0 Å². The number of allylic oxidation sites excluding steroid dienone is 2. The number of nitrogens with two attached hydrogens (primary N) is 1. The van der Waals surface area contributed by atoms with E-state index in [9.17, 15) is 8.42 Å². The lowest BCUT2D eigenvalue weighted by atomic mass is 9.97. The van der Waals surface area contributed by atoms with Crippen molar-refractivity contribution in [2.24, 2.45) is 5.14 Å². The topological polar surface area (TPSA) is 69.4 Å². The van der Waals surface area contributed by atoms with Gasteiger partial charge in [-0.1, -0.05) is 24.3 Å². The van der Waals surface area contributed by atoms with E-state index in [2.05, 4.69) is 6.07 Å². The zero-order valence-corrected chi connectivity index (χ0v) is 13.8. The molecule has 0 aliphatic heterocycles. The molecular weight excluding hydrogens is 310 g/mol. The summed E-state index contributed by atoms with van der Waals surface area (Å²) in [5, 5.41) is 5.16. The molecule has 0 spiro atoms. The minimum absolute atomic E-state index is 0.141. The monoisotopic (exact) mass is 329 g/mol. The highest BCUT2D eigenvalue weighted by Gasteiger charge is 2.18. The van der Waals surface area contributed by atoms with E-state index in [-0.39, 0.29) is 4.90 Å². The van der Waals surface area contributed by atoms with Crippen molar-refractivity contribution in [3.05, 3.63) is 59.7 Å². The molecule has 1 aliphatic carbocycles. The Labute approximate surface area is 136 Å². The average molecular weight is 329 g/mol. The number of ether oxygens (including phenoxy) is 1. The number of hydrogen-bond donors (Lipinski definition) is 1. The molecule has 0 bridgehead atoms. The molecule has 0 heterocycles. The third kappa shape index (κ3) is 3.30. The molecule has 0 amide bonds. The molecule has 0 saturated carbocycles. The van der Waals surface area contributed by atoms with Crippen LogP contribution in [0.1, 0.15) is 30.4 Å². The van der Waals surface area contributed by atoms with Crippen LogP contribution in [-0.4, -0.2) is 15.5 Å². The zero-order valence-electron chi connectivity index (χ0n) is 13.0. The maximum Gasteiger partial charge on any atom is 0.238 e. The molecule has 0 saturated heterocycles. The lowest BCUT2D eigenvalue weighted by Gasteiger charge is -2.10. The number of benzene rings is 2. The first-order valence-corrected chi connectivity index (χ1v) is 9.03. The molecule has 2 aromatic carbocycles. The molecule has 120 valence electrons. The molecule has 2 N–H and O–H groups in total. The maximum atomic E-state index is 11.4. The van der Waals surface area contributed by atoms with E-state index in [1.54, 1.807) is 19.2 Å². The zero-order chi connectivity index (χ0) is 16.4. The molecule has 3 rings (SSSR count). The van der Waals surface area contributed by atoms with Crippen LogP contribution in [0.4, 0.5) is 0 Å². The largest absolute Gasteiger partial charge is 0.497 e. The second kappa shape index (κ2) is 6.18. The highest BCUT2D eigenvalue weighted by Crippen LogP contribution is 2.40. The molecule has 1 aliphatic rings. The van der Waals surface area contributed by atoms with Gasteiger partial charge in [0.2, 0.25) is 10.0 Å². The van der Waals surface area contributed by atoms with E-state index in [4.69, 9.17) is 9.88 Å². The van der Waals surface area contributed by atoms with Gasteiger partial charge >= 0.3 is 0 Å². The van der Waals surface area contributed by atoms with E-state index in [0.717, 1.165) is 36.1 Å². The number of rotatable bonds is 4. The number of hydrogen-bond acceptors (Lipinski definition) is 3. The first kappa shape index (κ1) is 15.8. The molecule has 5 heteroatoms. The second-order valence-electron chi connectivity index (χ2n) is 5.61. The summed E-state index contributed by atoms with van der Waals surface area (Å²) in [4.78, 5) is 0.141. The van der Waals surface area contributed by atoms with Gasteiger partial charge in [0.15, 0.2) is 0 Å². The van der Waals surface area contributed by atoms with Crippen LogP contribution in [-0.2, 0) is 10.0 Å². The molecule has 0 fully saturated rings. The van der Waals surface area contributed by atoms with Crippen LogP contribution in [0.2, 0.25) is 0 Å². The van der Waals surface area contributed by atoms with Gasteiger partial charge < -0.3 is 4.74 Å². The van der Waals surface area contributed by atoms with Gasteiger partial charge in [0.05, 0.1) is 12.0 Å². The molecule has 2 aromatic rings. The Morgan fingerprint density at radius 1 is 0.957 bits per heavy atom. The predicted molar refractivity (Wildman–Crippen MR) is 91.5 cm³/mol. The van der Waals surface area contributed by atoms with Crippen molar-refractivity contribution in [3.8, 4) is 5.75 Å². The van der Waals surface area contributed by atoms with Gasteiger partial charge in [0.25, 0.3) is 0 Å². The van der Waals surface area contributed by atoms with Crippen LogP contribution >= 0.6 is 0 Å². The minimum Gasteiger partial charge on any atom is -0.497 e. The summed E-state index contributed by atoms with van der Waals surface area (Å²) in [5.74, 6) is 0.839. The normalized spacial score (nSPS) is 15.0. The summed E-state index contributed by atoms with van der Waals surface area (Å²) in [6.07, 6.45) is 3.10. The third-order valence-corrected chi connectivity index (χ3v) is 5.10. The third-order valence-electron chi connectivity index (χ3n) is 4.17. The highest BCUT2D eigenvalue weighted by atomic mass is 32.2. The molecule has 0 aromatic heterocycles. The lowest BCUT2D eigenvalue weighted by Crippen LogP contribution is -2.11. The fraction of sp³-hybridized carbons (Fsp3) is 0.222. The van der Waals surface area contributed by atoms with E-state index in [1.165, 1.54) is 11.1 Å². The number of methoxy groups -OCH3 is 1. The fourth-order valence-electron chi connectivity index (χ4n) is 3.04. The molecule has 4 nitrogen and oxygen atoms in total. The van der Waals surface area contributed by atoms with Crippen molar-refractivity contribution >= 4 is 21.2 Å². The minimum atomic E-state index is -3.65. The first-order valence-electron chi connectivity index (χ1n) is 7.49. The first-order chi connectivity index (χ1) is 11.0. The van der Waals surface area contributed by atoms with Gasteiger partial charge in [0.1, 0.15) is 5.75 Å². The van der Waals surface area contributed by atoms with Crippen molar-refractivity contribution in [1.29, 1.82) is 0 Å². The van der Waals surface area contributed by atoms with Crippen LogP contribution in [0.3, 0.4) is 0 Å². The maximum absolute atomic E-state index is 11.4. The lowest BCUT2D eigenvalue weighted by molar-refractivity contribution is 0.414. The molecular formula is C18H19NO3S. The number of primary sulfonamides is 1. The Bertz CT molecular complexity index is 852. The van der Waals surface area contributed by atoms with Crippen molar-refractivity contribution in [2.75, 3.05) is 7.11 Å². The molecule has 23 heavy (non-hydrogen) atoms. The number of sulfonamides is 1. The summed E-state index contributed by atoms with van der Waals surface area (Å²) < 4.78 is 28.1. The average Bonchev–Trinajstić information content (AvgIpc) is 3.04. The van der Waals surface area contributed by atoms with Crippen molar-refractivity contribution in [3.63, 3.8) is 0 Å². The summed E-state index contributed by atoms with van der Waals surface area (Å²) in [5.41, 5.74) is 4.77.